The maximum absolute atomic E-state index is 12.3. The lowest BCUT2D eigenvalue weighted by molar-refractivity contribution is -0.119. The molecule has 2 amide bonds. The van der Waals surface area contributed by atoms with Crippen LogP contribution < -0.4 is 15.4 Å². The van der Waals surface area contributed by atoms with E-state index in [1.807, 2.05) is 25.1 Å². The van der Waals surface area contributed by atoms with Crippen LogP contribution in [0.25, 0.3) is 0 Å². The predicted molar refractivity (Wildman–Crippen MR) is 116 cm³/mol. The van der Waals surface area contributed by atoms with Gasteiger partial charge in [-0.1, -0.05) is 30.3 Å². The van der Waals surface area contributed by atoms with E-state index in [0.717, 1.165) is 0 Å². The second-order valence-corrected chi connectivity index (χ2v) is 6.51. The van der Waals surface area contributed by atoms with Gasteiger partial charge in [-0.25, -0.2) is 4.79 Å². The van der Waals surface area contributed by atoms with E-state index in [2.05, 4.69) is 10.6 Å². The van der Waals surface area contributed by atoms with Gasteiger partial charge >= 0.3 is 5.97 Å². The molecule has 3 rings (SSSR count). The molecule has 7 nitrogen and oxygen atoms in total. The van der Waals surface area contributed by atoms with Gasteiger partial charge in [-0.2, -0.15) is 0 Å². The number of nitrogens with one attached hydrogen (secondary N) is 2. The number of hydrogen-bond donors (Lipinski definition) is 2. The first-order chi connectivity index (χ1) is 15.0. The van der Waals surface area contributed by atoms with Crippen LogP contribution in [0.1, 0.15) is 27.6 Å². The van der Waals surface area contributed by atoms with Crippen LogP contribution in [0.2, 0.25) is 0 Å². The summed E-state index contributed by atoms with van der Waals surface area (Å²) in [5.41, 5.74) is 1.12. The zero-order chi connectivity index (χ0) is 22.1. The van der Waals surface area contributed by atoms with Crippen molar-refractivity contribution in [1.82, 2.24) is 5.32 Å². The second-order valence-electron chi connectivity index (χ2n) is 6.51. The smallest absolute Gasteiger partial charge is 0.338 e. The number of rotatable bonds is 8. The Hall–Kier alpha value is -4.13. The molecular formula is C24H22N2O5. The van der Waals surface area contributed by atoms with E-state index in [0.29, 0.717) is 29.3 Å². The average molecular weight is 418 g/mol. The van der Waals surface area contributed by atoms with E-state index in [9.17, 15) is 14.4 Å². The number of carbonyl (C=O) groups excluding carboxylic acids is 3. The minimum absolute atomic E-state index is 0.234. The van der Waals surface area contributed by atoms with Crippen LogP contribution in [0.15, 0.2) is 78.9 Å². The fraction of sp³-hybridized carbons (Fsp3) is 0.125. The van der Waals surface area contributed by atoms with Crippen LogP contribution in [-0.4, -0.2) is 30.9 Å². The molecule has 0 spiro atoms. The number of esters is 1. The van der Waals surface area contributed by atoms with E-state index in [1.54, 1.807) is 60.7 Å². The Labute approximate surface area is 180 Å². The van der Waals surface area contributed by atoms with Crippen molar-refractivity contribution >= 4 is 23.5 Å². The molecule has 0 atom stereocenters. The molecule has 0 bridgehead atoms. The SMILES string of the molecule is CCNC(=O)c1cccc(NC(=O)COC(=O)c2cccc(Oc3ccccc3)c2)c1. The summed E-state index contributed by atoms with van der Waals surface area (Å²) in [5, 5.41) is 5.30. The summed E-state index contributed by atoms with van der Waals surface area (Å²) < 4.78 is 10.8. The number of benzene rings is 3. The molecule has 0 aliphatic carbocycles. The molecule has 0 unspecified atom stereocenters. The Morgan fingerprint density at radius 1 is 0.806 bits per heavy atom. The molecule has 3 aromatic carbocycles. The lowest BCUT2D eigenvalue weighted by atomic mass is 10.2. The summed E-state index contributed by atoms with van der Waals surface area (Å²) in [4.78, 5) is 36.4. The summed E-state index contributed by atoms with van der Waals surface area (Å²) in [7, 11) is 0. The summed E-state index contributed by atoms with van der Waals surface area (Å²) in [6.07, 6.45) is 0. The van der Waals surface area contributed by atoms with Gasteiger partial charge in [0, 0.05) is 17.8 Å². The summed E-state index contributed by atoms with van der Waals surface area (Å²) in [5.74, 6) is -0.278. The van der Waals surface area contributed by atoms with Crippen molar-refractivity contribution in [2.24, 2.45) is 0 Å². The first-order valence-corrected chi connectivity index (χ1v) is 9.73. The van der Waals surface area contributed by atoms with Gasteiger partial charge in [0.2, 0.25) is 0 Å². The number of ether oxygens (including phenoxy) is 2. The Balaban J connectivity index is 1.55. The third-order valence-electron chi connectivity index (χ3n) is 4.13. The van der Waals surface area contributed by atoms with Crippen molar-refractivity contribution in [1.29, 1.82) is 0 Å². The average Bonchev–Trinajstić information content (AvgIpc) is 2.79. The van der Waals surface area contributed by atoms with E-state index in [4.69, 9.17) is 9.47 Å². The number of para-hydroxylation sites is 1. The van der Waals surface area contributed by atoms with Crippen molar-refractivity contribution in [2.75, 3.05) is 18.5 Å². The minimum Gasteiger partial charge on any atom is -0.457 e. The molecule has 0 saturated heterocycles. The van der Waals surface area contributed by atoms with Gasteiger partial charge in [-0.05, 0) is 55.5 Å². The maximum atomic E-state index is 12.3. The van der Waals surface area contributed by atoms with Crippen molar-refractivity contribution in [3.05, 3.63) is 90.0 Å². The van der Waals surface area contributed by atoms with Crippen molar-refractivity contribution in [3.8, 4) is 11.5 Å². The van der Waals surface area contributed by atoms with Crippen LogP contribution in [0.5, 0.6) is 11.5 Å². The van der Waals surface area contributed by atoms with Crippen LogP contribution in [0, 0.1) is 0 Å². The Kier molecular flexibility index (Phi) is 7.37. The molecule has 3 aromatic rings. The molecule has 0 radical (unpaired) electrons. The molecule has 0 aliphatic rings. The molecule has 7 heteroatoms. The third kappa shape index (κ3) is 6.43. The monoisotopic (exact) mass is 418 g/mol. The molecule has 0 heterocycles. The highest BCUT2D eigenvalue weighted by molar-refractivity contribution is 5.98. The standard InChI is InChI=1S/C24H22N2O5/c1-2-25-23(28)17-8-6-10-19(14-17)26-22(27)16-30-24(29)18-9-7-13-21(15-18)31-20-11-4-3-5-12-20/h3-15H,2,16H2,1H3,(H,25,28)(H,26,27). The van der Waals surface area contributed by atoms with Gasteiger partial charge in [0.1, 0.15) is 11.5 Å². The van der Waals surface area contributed by atoms with Crippen LogP contribution >= 0.6 is 0 Å². The quantitative estimate of drug-likeness (QED) is 0.539. The second kappa shape index (κ2) is 10.6. The molecule has 0 aromatic heterocycles. The first kappa shape index (κ1) is 21.6. The highest BCUT2D eigenvalue weighted by Crippen LogP contribution is 2.22. The van der Waals surface area contributed by atoms with Crippen molar-refractivity contribution in [2.45, 2.75) is 6.92 Å². The van der Waals surface area contributed by atoms with Crippen LogP contribution in [-0.2, 0) is 9.53 Å². The maximum Gasteiger partial charge on any atom is 0.338 e. The molecule has 2 N–H and O–H groups in total. The van der Waals surface area contributed by atoms with E-state index >= 15 is 0 Å². The summed E-state index contributed by atoms with van der Waals surface area (Å²) in [6, 6.07) is 22.2. The molecule has 31 heavy (non-hydrogen) atoms. The fourth-order valence-electron chi connectivity index (χ4n) is 2.72. The Morgan fingerprint density at radius 3 is 2.29 bits per heavy atom. The molecule has 0 saturated carbocycles. The van der Waals surface area contributed by atoms with Gasteiger partial charge in [0.05, 0.1) is 5.56 Å². The highest BCUT2D eigenvalue weighted by Gasteiger charge is 2.12. The number of amides is 2. The van der Waals surface area contributed by atoms with Crippen LogP contribution in [0.3, 0.4) is 0 Å². The van der Waals surface area contributed by atoms with Gasteiger partial charge in [-0.3, -0.25) is 9.59 Å². The minimum atomic E-state index is -0.648. The molecule has 0 aliphatic heterocycles. The highest BCUT2D eigenvalue weighted by atomic mass is 16.5. The van der Waals surface area contributed by atoms with Gasteiger partial charge in [0.15, 0.2) is 6.61 Å². The van der Waals surface area contributed by atoms with Crippen LogP contribution in [0.4, 0.5) is 5.69 Å². The molecule has 0 fully saturated rings. The fourth-order valence-corrected chi connectivity index (χ4v) is 2.72. The zero-order valence-corrected chi connectivity index (χ0v) is 17.0. The van der Waals surface area contributed by atoms with Crippen molar-refractivity contribution < 1.29 is 23.9 Å². The lowest BCUT2D eigenvalue weighted by Crippen LogP contribution is -2.23. The van der Waals surface area contributed by atoms with E-state index < -0.39 is 18.5 Å². The van der Waals surface area contributed by atoms with E-state index in [1.165, 1.54) is 0 Å². The number of hydrogen-bond acceptors (Lipinski definition) is 5. The Bertz CT molecular complexity index is 1070. The molecule has 158 valence electrons. The topological polar surface area (TPSA) is 93.7 Å². The van der Waals surface area contributed by atoms with Gasteiger partial charge in [-0.15, -0.1) is 0 Å². The van der Waals surface area contributed by atoms with Gasteiger partial charge in [0.25, 0.3) is 11.8 Å². The Morgan fingerprint density at radius 2 is 1.52 bits per heavy atom. The molecular weight excluding hydrogens is 396 g/mol. The largest absolute Gasteiger partial charge is 0.457 e. The normalized spacial score (nSPS) is 10.1. The number of anilines is 1. The van der Waals surface area contributed by atoms with Crippen molar-refractivity contribution in [3.63, 3.8) is 0 Å². The van der Waals surface area contributed by atoms with E-state index in [-0.39, 0.29) is 11.5 Å². The summed E-state index contributed by atoms with van der Waals surface area (Å²) in [6.45, 7) is 1.86. The number of carbonyl (C=O) groups is 3. The summed E-state index contributed by atoms with van der Waals surface area (Å²) >= 11 is 0. The third-order valence-corrected chi connectivity index (χ3v) is 4.13. The first-order valence-electron chi connectivity index (χ1n) is 9.73. The predicted octanol–water partition coefficient (Wildman–Crippen LogP) is 4.02. The zero-order valence-electron chi connectivity index (χ0n) is 17.0. The van der Waals surface area contributed by atoms with Gasteiger partial charge < -0.3 is 20.1 Å². The lowest BCUT2D eigenvalue weighted by Gasteiger charge is -2.09.